The van der Waals surface area contributed by atoms with Crippen LogP contribution in [0.1, 0.15) is 57.2 Å². The maximum atomic E-state index is 12.7. The van der Waals surface area contributed by atoms with Gasteiger partial charge in [-0.3, -0.25) is 14.2 Å². The summed E-state index contributed by atoms with van der Waals surface area (Å²) in [5.41, 5.74) is 2.81. The highest BCUT2D eigenvalue weighted by Gasteiger charge is 2.19. The Kier molecular flexibility index (Phi) is 6.47. The number of nitrogens with one attached hydrogen (secondary N) is 1. The number of nitrogens with zero attached hydrogens (tertiary/aromatic N) is 2. The first-order chi connectivity index (χ1) is 13.9. The molecule has 29 heavy (non-hydrogen) atoms. The van der Waals surface area contributed by atoms with Crippen LogP contribution < -0.4 is 10.9 Å². The summed E-state index contributed by atoms with van der Waals surface area (Å²) in [6.45, 7) is 8.50. The predicted octanol–water partition coefficient (Wildman–Crippen LogP) is 4.42. The normalized spacial score (nSPS) is 13.4. The summed E-state index contributed by atoms with van der Waals surface area (Å²) in [5.74, 6) is 0.539. The van der Waals surface area contributed by atoms with Crippen molar-refractivity contribution in [2.75, 3.05) is 0 Å². The average Bonchev–Trinajstić information content (AvgIpc) is 2.73. The molecule has 0 aliphatic carbocycles. The van der Waals surface area contributed by atoms with E-state index < -0.39 is 0 Å². The van der Waals surface area contributed by atoms with Crippen molar-refractivity contribution >= 4 is 16.8 Å². The fraction of sp³-hybridized carbons (Fsp3) is 0.375. The highest BCUT2D eigenvalue weighted by atomic mass is 16.2. The third-order valence-corrected chi connectivity index (χ3v) is 5.51. The molecule has 152 valence electrons. The summed E-state index contributed by atoms with van der Waals surface area (Å²) in [7, 11) is 0. The Morgan fingerprint density at radius 1 is 1.03 bits per heavy atom. The molecule has 2 unspecified atom stereocenters. The molecule has 1 amide bonds. The number of hydrogen-bond donors (Lipinski definition) is 1. The second-order valence-electron chi connectivity index (χ2n) is 7.96. The van der Waals surface area contributed by atoms with Crippen molar-refractivity contribution in [2.45, 2.75) is 52.6 Å². The number of aromatic nitrogens is 2. The van der Waals surface area contributed by atoms with Crippen LogP contribution >= 0.6 is 0 Å². The van der Waals surface area contributed by atoms with Crippen molar-refractivity contribution in [3.8, 4) is 0 Å². The van der Waals surface area contributed by atoms with Crippen molar-refractivity contribution in [1.29, 1.82) is 0 Å². The summed E-state index contributed by atoms with van der Waals surface area (Å²) in [6.07, 6.45) is 2.54. The number of benzene rings is 2. The van der Waals surface area contributed by atoms with Crippen LogP contribution in [0.15, 0.2) is 59.7 Å². The minimum absolute atomic E-state index is 0.0508. The summed E-state index contributed by atoms with van der Waals surface area (Å²) in [5, 5.41) is 3.61. The first kappa shape index (κ1) is 20.8. The third-order valence-electron chi connectivity index (χ3n) is 5.51. The molecular weight excluding hydrogens is 362 g/mol. The van der Waals surface area contributed by atoms with E-state index in [4.69, 9.17) is 0 Å². The van der Waals surface area contributed by atoms with E-state index in [1.54, 1.807) is 18.2 Å². The summed E-state index contributed by atoms with van der Waals surface area (Å²) in [4.78, 5) is 29.6. The maximum Gasteiger partial charge on any atom is 0.261 e. The van der Waals surface area contributed by atoms with Gasteiger partial charge in [0.15, 0.2) is 0 Å². The largest absolute Gasteiger partial charge is 0.347 e. The van der Waals surface area contributed by atoms with Gasteiger partial charge in [-0.1, -0.05) is 64.1 Å². The van der Waals surface area contributed by atoms with Gasteiger partial charge in [0.1, 0.15) is 6.54 Å². The van der Waals surface area contributed by atoms with Gasteiger partial charge in [0.2, 0.25) is 5.91 Å². The van der Waals surface area contributed by atoms with Gasteiger partial charge in [0, 0.05) is 0 Å². The van der Waals surface area contributed by atoms with E-state index in [-0.39, 0.29) is 30.0 Å². The van der Waals surface area contributed by atoms with Gasteiger partial charge < -0.3 is 5.32 Å². The van der Waals surface area contributed by atoms with Gasteiger partial charge in [-0.05, 0) is 41.5 Å². The highest BCUT2D eigenvalue weighted by Crippen LogP contribution is 2.25. The Bertz CT molecular complexity index is 1040. The molecule has 2 atom stereocenters. The molecule has 0 aliphatic rings. The molecule has 0 bridgehead atoms. The van der Waals surface area contributed by atoms with Gasteiger partial charge in [0.25, 0.3) is 5.56 Å². The van der Waals surface area contributed by atoms with Crippen molar-refractivity contribution < 1.29 is 4.79 Å². The second kappa shape index (κ2) is 9.03. The molecular formula is C24H29N3O2. The van der Waals surface area contributed by atoms with E-state index in [1.807, 2.05) is 6.07 Å². The minimum Gasteiger partial charge on any atom is -0.347 e. The molecule has 0 saturated carbocycles. The Balaban J connectivity index is 1.77. The Hall–Kier alpha value is -2.95. The van der Waals surface area contributed by atoms with E-state index in [0.717, 1.165) is 12.0 Å². The zero-order valence-electron chi connectivity index (χ0n) is 17.6. The quantitative estimate of drug-likeness (QED) is 0.648. The lowest BCUT2D eigenvalue weighted by Gasteiger charge is -2.24. The Morgan fingerprint density at radius 2 is 1.69 bits per heavy atom. The molecule has 5 nitrogen and oxygen atoms in total. The standard InChI is InChI=1S/C24H29N3O2/c1-5-17(4)18-10-12-19(13-11-18)23(16(2)3)26-22(28)14-27-15-25-21-9-7-6-8-20(21)24(27)29/h6-13,15-17,23H,5,14H2,1-4H3,(H,26,28). The molecule has 0 saturated heterocycles. The maximum absolute atomic E-state index is 12.7. The van der Waals surface area contributed by atoms with Crippen LogP contribution in [0.2, 0.25) is 0 Å². The third kappa shape index (κ3) is 4.73. The van der Waals surface area contributed by atoms with Gasteiger partial charge >= 0.3 is 0 Å². The number of carbonyl (C=O) groups excluding carboxylic acids is 1. The van der Waals surface area contributed by atoms with E-state index in [0.29, 0.717) is 16.8 Å². The van der Waals surface area contributed by atoms with E-state index in [9.17, 15) is 9.59 Å². The molecule has 3 aromatic rings. The molecule has 0 spiro atoms. The predicted molar refractivity (Wildman–Crippen MR) is 117 cm³/mol. The zero-order chi connectivity index (χ0) is 21.0. The van der Waals surface area contributed by atoms with Crippen molar-refractivity contribution in [1.82, 2.24) is 14.9 Å². The lowest BCUT2D eigenvalue weighted by Crippen LogP contribution is -2.36. The van der Waals surface area contributed by atoms with Crippen LogP contribution in [-0.2, 0) is 11.3 Å². The SMILES string of the molecule is CCC(C)c1ccc(C(NC(=O)Cn2cnc3ccccc3c2=O)C(C)C)cc1. The van der Waals surface area contributed by atoms with E-state index >= 15 is 0 Å². The molecule has 0 fully saturated rings. The lowest BCUT2D eigenvalue weighted by atomic mass is 9.92. The molecule has 1 heterocycles. The fourth-order valence-electron chi connectivity index (χ4n) is 3.50. The Morgan fingerprint density at radius 3 is 2.34 bits per heavy atom. The fourth-order valence-corrected chi connectivity index (χ4v) is 3.50. The molecule has 2 aromatic carbocycles. The van der Waals surface area contributed by atoms with Gasteiger partial charge in [-0.2, -0.15) is 0 Å². The molecule has 0 aliphatic heterocycles. The van der Waals surface area contributed by atoms with Crippen LogP contribution in [0.25, 0.3) is 10.9 Å². The van der Waals surface area contributed by atoms with Crippen molar-refractivity contribution in [3.63, 3.8) is 0 Å². The van der Waals surface area contributed by atoms with E-state index in [2.05, 4.69) is 62.3 Å². The van der Waals surface area contributed by atoms with Crippen LogP contribution in [0, 0.1) is 5.92 Å². The number of carbonyl (C=O) groups is 1. The van der Waals surface area contributed by atoms with Crippen molar-refractivity contribution in [2.24, 2.45) is 5.92 Å². The molecule has 1 N–H and O–H groups in total. The van der Waals surface area contributed by atoms with Gasteiger partial charge in [0.05, 0.1) is 23.3 Å². The van der Waals surface area contributed by atoms with E-state index in [1.165, 1.54) is 16.5 Å². The number of hydrogen-bond acceptors (Lipinski definition) is 3. The first-order valence-corrected chi connectivity index (χ1v) is 10.2. The van der Waals surface area contributed by atoms with Crippen molar-refractivity contribution in [3.05, 3.63) is 76.3 Å². The summed E-state index contributed by atoms with van der Waals surface area (Å²) >= 11 is 0. The lowest BCUT2D eigenvalue weighted by molar-refractivity contribution is -0.122. The molecule has 1 aromatic heterocycles. The highest BCUT2D eigenvalue weighted by molar-refractivity contribution is 5.79. The zero-order valence-corrected chi connectivity index (χ0v) is 17.6. The first-order valence-electron chi connectivity index (χ1n) is 10.2. The van der Waals surface area contributed by atoms with Gasteiger partial charge in [-0.15, -0.1) is 0 Å². The van der Waals surface area contributed by atoms with Gasteiger partial charge in [-0.25, -0.2) is 4.98 Å². The summed E-state index contributed by atoms with van der Waals surface area (Å²) < 4.78 is 1.36. The topological polar surface area (TPSA) is 64.0 Å². The number of fused-ring (bicyclic) bond motifs is 1. The monoisotopic (exact) mass is 391 g/mol. The summed E-state index contributed by atoms with van der Waals surface area (Å²) in [6, 6.07) is 15.5. The van der Waals surface area contributed by atoms with Crippen LogP contribution in [0.4, 0.5) is 0 Å². The van der Waals surface area contributed by atoms with Crippen LogP contribution in [0.3, 0.4) is 0 Å². The average molecular weight is 392 g/mol. The Labute approximate surface area is 171 Å². The minimum atomic E-state index is -0.204. The van der Waals surface area contributed by atoms with Crippen LogP contribution in [-0.4, -0.2) is 15.5 Å². The molecule has 0 radical (unpaired) electrons. The second-order valence-corrected chi connectivity index (χ2v) is 7.96. The number of para-hydroxylation sites is 1. The number of rotatable bonds is 7. The number of amides is 1. The molecule has 5 heteroatoms. The molecule has 3 rings (SSSR count). The van der Waals surface area contributed by atoms with Crippen LogP contribution in [0.5, 0.6) is 0 Å². The smallest absolute Gasteiger partial charge is 0.261 e.